The number of nitrogens with two attached hydrogens (primary N) is 1. The van der Waals surface area contributed by atoms with Crippen LogP contribution in [-0.4, -0.2) is 35.0 Å². The molecule has 4 nitrogen and oxygen atoms in total. The summed E-state index contributed by atoms with van der Waals surface area (Å²) in [7, 11) is 0. The maximum atomic E-state index is 13.2. The van der Waals surface area contributed by atoms with E-state index in [0.29, 0.717) is 11.1 Å². The van der Waals surface area contributed by atoms with Gasteiger partial charge in [0, 0.05) is 47.9 Å². The number of rotatable bonds is 4. The second-order valence-electron chi connectivity index (χ2n) is 9.29. The highest BCUT2D eigenvalue weighted by Crippen LogP contribution is 2.32. The summed E-state index contributed by atoms with van der Waals surface area (Å²) in [6.45, 7) is 9.76. The molecule has 0 atom stereocenters. The molecule has 1 aliphatic rings. The van der Waals surface area contributed by atoms with E-state index in [9.17, 15) is 9.18 Å². The Bertz CT molecular complexity index is 1120. The second kappa shape index (κ2) is 7.73. The molecule has 4 rings (SSSR count). The molecular formula is C25H28FN3O. The third kappa shape index (κ3) is 4.17. The van der Waals surface area contributed by atoms with Crippen LogP contribution in [0.4, 0.5) is 4.39 Å². The van der Waals surface area contributed by atoms with E-state index >= 15 is 0 Å². The average Bonchev–Trinajstić information content (AvgIpc) is 3.03. The van der Waals surface area contributed by atoms with Crippen molar-refractivity contribution in [3.8, 4) is 0 Å². The minimum absolute atomic E-state index is 0.124. The van der Waals surface area contributed by atoms with Crippen LogP contribution >= 0.6 is 0 Å². The molecule has 2 aromatic carbocycles. The minimum atomic E-state index is -0.353. The zero-order chi connectivity index (χ0) is 21.5. The lowest BCUT2D eigenvalue weighted by molar-refractivity contribution is 0.103. The molecule has 0 aliphatic carbocycles. The maximum absolute atomic E-state index is 13.2. The Kier molecular flexibility index (Phi) is 5.24. The van der Waals surface area contributed by atoms with Crippen molar-refractivity contribution in [2.75, 3.05) is 25.5 Å². The van der Waals surface area contributed by atoms with Crippen LogP contribution in [0.25, 0.3) is 16.5 Å². The number of carbonyl (C=O) groups is 1. The molecule has 0 unspecified atom stereocenters. The van der Waals surface area contributed by atoms with Crippen molar-refractivity contribution in [2.45, 2.75) is 27.2 Å². The number of fused-ring (bicyclic) bond motifs is 1. The third-order valence-corrected chi connectivity index (χ3v) is 5.54. The van der Waals surface area contributed by atoms with Crippen molar-refractivity contribution in [1.29, 1.82) is 0 Å². The van der Waals surface area contributed by atoms with Crippen LogP contribution in [0, 0.1) is 11.2 Å². The van der Waals surface area contributed by atoms with Crippen molar-refractivity contribution in [3.63, 3.8) is 0 Å². The lowest BCUT2D eigenvalue weighted by atomic mass is 9.93. The first-order valence-electron chi connectivity index (χ1n) is 10.3. The highest BCUT2D eigenvalue weighted by atomic mass is 19.1. The van der Waals surface area contributed by atoms with Crippen LogP contribution in [-0.2, 0) is 0 Å². The van der Waals surface area contributed by atoms with Gasteiger partial charge in [0.05, 0.1) is 5.52 Å². The van der Waals surface area contributed by atoms with E-state index in [1.807, 2.05) is 18.3 Å². The predicted molar refractivity (Wildman–Crippen MR) is 120 cm³/mol. The Hall–Kier alpha value is -2.92. The van der Waals surface area contributed by atoms with Crippen molar-refractivity contribution in [3.05, 3.63) is 77.2 Å². The molecule has 156 valence electrons. The summed E-state index contributed by atoms with van der Waals surface area (Å²) in [5.74, 6) is 5.72. The standard InChI is InChI=1S/C25H28FN3O/c1-25(2,3)16-28-12-10-17(11-13-28)22-15-29(27)23-9-6-19(14-21(22)23)24(30)18-4-7-20(26)8-5-18/h4-10,14-15H,11-13,16,27H2,1-3H3. The van der Waals surface area contributed by atoms with Gasteiger partial charge in [-0.3, -0.25) is 14.4 Å². The summed E-state index contributed by atoms with van der Waals surface area (Å²) in [4.78, 5) is 15.4. The first kappa shape index (κ1) is 20.4. The van der Waals surface area contributed by atoms with Crippen LogP contribution in [0.2, 0.25) is 0 Å². The van der Waals surface area contributed by atoms with E-state index in [2.05, 4.69) is 31.7 Å². The summed E-state index contributed by atoms with van der Waals surface area (Å²) in [5, 5.41) is 0.973. The number of nitrogens with zero attached hydrogens (tertiary/aromatic N) is 2. The Morgan fingerprint density at radius 3 is 2.43 bits per heavy atom. The number of halogens is 1. The predicted octanol–water partition coefficient (Wildman–Crippen LogP) is 4.86. The molecule has 1 aliphatic heterocycles. The lowest BCUT2D eigenvalue weighted by Gasteiger charge is -2.32. The highest BCUT2D eigenvalue weighted by molar-refractivity contribution is 6.11. The van der Waals surface area contributed by atoms with Gasteiger partial charge in [0.2, 0.25) is 0 Å². The first-order chi connectivity index (χ1) is 14.2. The van der Waals surface area contributed by atoms with Gasteiger partial charge in [-0.2, -0.15) is 0 Å². The van der Waals surface area contributed by atoms with Crippen molar-refractivity contribution in [2.24, 2.45) is 5.41 Å². The Morgan fingerprint density at radius 2 is 1.80 bits per heavy atom. The SMILES string of the molecule is CC(C)(C)CN1CC=C(c2cn(N)c3ccc(C(=O)c4ccc(F)cc4)cc23)CC1. The fourth-order valence-corrected chi connectivity index (χ4v) is 4.19. The summed E-state index contributed by atoms with van der Waals surface area (Å²) >= 11 is 0. The van der Waals surface area contributed by atoms with Crippen molar-refractivity contribution < 1.29 is 9.18 Å². The fourth-order valence-electron chi connectivity index (χ4n) is 4.19. The molecule has 3 aromatic rings. The number of hydrogen-bond acceptors (Lipinski definition) is 3. The number of ketones is 1. The topological polar surface area (TPSA) is 51.3 Å². The minimum Gasteiger partial charge on any atom is -0.339 e. The molecule has 0 amide bonds. The van der Waals surface area contributed by atoms with Gasteiger partial charge >= 0.3 is 0 Å². The van der Waals surface area contributed by atoms with Gasteiger partial charge in [-0.15, -0.1) is 0 Å². The second-order valence-corrected chi connectivity index (χ2v) is 9.29. The van der Waals surface area contributed by atoms with Gasteiger partial charge in [0.1, 0.15) is 5.82 Å². The molecule has 5 heteroatoms. The highest BCUT2D eigenvalue weighted by Gasteiger charge is 2.21. The summed E-state index contributed by atoms with van der Waals surface area (Å²) in [5.41, 5.74) is 4.55. The van der Waals surface area contributed by atoms with E-state index in [0.717, 1.165) is 42.5 Å². The molecule has 0 fully saturated rings. The van der Waals surface area contributed by atoms with Crippen molar-refractivity contribution in [1.82, 2.24) is 9.58 Å². The fraction of sp³-hybridized carbons (Fsp3) is 0.320. The van der Waals surface area contributed by atoms with Crippen LogP contribution in [0.15, 0.2) is 54.7 Å². The number of aromatic nitrogens is 1. The number of carbonyl (C=O) groups excluding carboxylic acids is 1. The Labute approximate surface area is 176 Å². The van der Waals surface area contributed by atoms with Crippen LogP contribution in [0.3, 0.4) is 0 Å². The zero-order valence-corrected chi connectivity index (χ0v) is 17.8. The number of benzene rings is 2. The van der Waals surface area contributed by atoms with E-state index < -0.39 is 0 Å². The van der Waals surface area contributed by atoms with Gasteiger partial charge < -0.3 is 5.84 Å². The van der Waals surface area contributed by atoms with E-state index in [-0.39, 0.29) is 17.0 Å². The largest absolute Gasteiger partial charge is 0.339 e. The average molecular weight is 406 g/mol. The molecule has 2 heterocycles. The van der Waals surface area contributed by atoms with Crippen LogP contribution in [0.1, 0.15) is 48.7 Å². The molecule has 2 N–H and O–H groups in total. The van der Waals surface area contributed by atoms with Gasteiger partial charge in [0.25, 0.3) is 0 Å². The number of nitrogen functional groups attached to an aromatic ring is 1. The normalized spacial score (nSPS) is 15.4. The monoisotopic (exact) mass is 405 g/mol. The van der Waals surface area contributed by atoms with Gasteiger partial charge in [-0.1, -0.05) is 26.8 Å². The number of hydrogen-bond donors (Lipinski definition) is 1. The van der Waals surface area contributed by atoms with Gasteiger partial charge in [0.15, 0.2) is 5.78 Å². The lowest BCUT2D eigenvalue weighted by Crippen LogP contribution is -2.35. The van der Waals surface area contributed by atoms with Crippen LogP contribution < -0.4 is 5.84 Å². The van der Waals surface area contributed by atoms with Gasteiger partial charge in [-0.05, 0) is 59.9 Å². The van der Waals surface area contributed by atoms with Gasteiger partial charge in [-0.25, -0.2) is 4.39 Å². The Morgan fingerprint density at radius 1 is 1.10 bits per heavy atom. The zero-order valence-electron chi connectivity index (χ0n) is 17.8. The van der Waals surface area contributed by atoms with Crippen molar-refractivity contribution >= 4 is 22.3 Å². The maximum Gasteiger partial charge on any atom is 0.193 e. The first-order valence-corrected chi connectivity index (χ1v) is 10.3. The van der Waals surface area contributed by atoms with E-state index in [1.165, 1.54) is 29.8 Å². The van der Waals surface area contributed by atoms with E-state index in [4.69, 9.17) is 5.84 Å². The molecule has 0 saturated carbocycles. The quantitative estimate of drug-likeness (QED) is 0.498. The van der Waals surface area contributed by atoms with Crippen LogP contribution in [0.5, 0.6) is 0 Å². The summed E-state index contributed by atoms with van der Waals surface area (Å²) < 4.78 is 14.8. The molecule has 0 saturated heterocycles. The molecular weight excluding hydrogens is 377 g/mol. The molecule has 0 bridgehead atoms. The summed E-state index contributed by atoms with van der Waals surface area (Å²) in [6, 6.07) is 11.2. The van der Waals surface area contributed by atoms with E-state index in [1.54, 1.807) is 10.7 Å². The molecule has 0 radical (unpaired) electrons. The Balaban J connectivity index is 1.66. The smallest absolute Gasteiger partial charge is 0.193 e. The molecule has 1 aromatic heterocycles. The molecule has 30 heavy (non-hydrogen) atoms. The third-order valence-electron chi connectivity index (χ3n) is 5.54. The molecule has 0 spiro atoms. The summed E-state index contributed by atoms with van der Waals surface area (Å²) in [6.07, 6.45) is 5.17.